The summed E-state index contributed by atoms with van der Waals surface area (Å²) in [5.74, 6) is 0.517. The fourth-order valence-electron chi connectivity index (χ4n) is 3.14. The molecule has 1 amide bonds. The molecule has 3 heteroatoms. The van der Waals surface area contributed by atoms with Crippen molar-refractivity contribution < 1.29 is 4.79 Å². The molecular formula is C15H20N2O. The monoisotopic (exact) mass is 244 g/mol. The van der Waals surface area contributed by atoms with Gasteiger partial charge in [-0.15, -0.1) is 0 Å². The molecule has 1 atom stereocenters. The summed E-state index contributed by atoms with van der Waals surface area (Å²) in [5.41, 5.74) is 2.72. The topological polar surface area (TPSA) is 32.3 Å². The first-order chi connectivity index (χ1) is 8.75. The third-order valence-electron chi connectivity index (χ3n) is 4.18. The summed E-state index contributed by atoms with van der Waals surface area (Å²) in [4.78, 5) is 14.6. The number of carbonyl (C=O) groups excluding carboxylic acids is 1. The number of piperazine rings is 1. The van der Waals surface area contributed by atoms with Gasteiger partial charge in [0.15, 0.2) is 0 Å². The minimum absolute atomic E-state index is 0.169. The molecule has 0 saturated carbocycles. The van der Waals surface area contributed by atoms with Gasteiger partial charge >= 0.3 is 0 Å². The Morgan fingerprint density at radius 3 is 2.56 bits per heavy atom. The van der Waals surface area contributed by atoms with Crippen LogP contribution in [-0.4, -0.2) is 36.5 Å². The molecule has 2 aliphatic rings. The van der Waals surface area contributed by atoms with E-state index in [1.54, 1.807) is 0 Å². The average Bonchev–Trinajstić information content (AvgIpc) is 2.82. The van der Waals surface area contributed by atoms with E-state index in [0.717, 1.165) is 32.5 Å². The van der Waals surface area contributed by atoms with Crippen molar-refractivity contribution in [2.75, 3.05) is 19.6 Å². The molecule has 3 rings (SSSR count). The molecule has 1 aromatic rings. The number of fused-ring (bicyclic) bond motifs is 1. The molecule has 1 fully saturated rings. The lowest BCUT2D eigenvalue weighted by Crippen LogP contribution is -2.54. The third-order valence-corrected chi connectivity index (χ3v) is 4.18. The van der Waals surface area contributed by atoms with Crippen LogP contribution < -0.4 is 5.32 Å². The second-order valence-electron chi connectivity index (χ2n) is 5.46. The fourth-order valence-corrected chi connectivity index (χ4v) is 3.14. The minimum Gasteiger partial charge on any atom is -0.337 e. The molecule has 0 aromatic heterocycles. The smallest absolute Gasteiger partial charge is 0.226 e. The zero-order chi connectivity index (χ0) is 12.5. The predicted molar refractivity (Wildman–Crippen MR) is 71.4 cm³/mol. The Balaban J connectivity index is 1.72. The second-order valence-corrected chi connectivity index (χ2v) is 5.46. The second kappa shape index (κ2) is 4.73. The van der Waals surface area contributed by atoms with Crippen LogP contribution in [0.4, 0.5) is 0 Å². The fraction of sp³-hybridized carbons (Fsp3) is 0.533. The number of nitrogens with zero attached hydrogens (tertiary/aromatic N) is 1. The SMILES string of the molecule is C[C@@H]1CNCCN1C(=O)C1Cc2ccccc2C1. The molecule has 0 radical (unpaired) electrons. The maximum Gasteiger partial charge on any atom is 0.226 e. The average molecular weight is 244 g/mol. The van der Waals surface area contributed by atoms with Crippen LogP contribution in [0.3, 0.4) is 0 Å². The molecule has 1 saturated heterocycles. The van der Waals surface area contributed by atoms with Gasteiger partial charge in [-0.25, -0.2) is 0 Å². The maximum absolute atomic E-state index is 12.6. The van der Waals surface area contributed by atoms with Crippen molar-refractivity contribution >= 4 is 5.91 Å². The number of carbonyl (C=O) groups is 1. The highest BCUT2D eigenvalue weighted by atomic mass is 16.2. The highest BCUT2D eigenvalue weighted by Gasteiger charge is 2.33. The maximum atomic E-state index is 12.6. The summed E-state index contributed by atoms with van der Waals surface area (Å²) in [6.07, 6.45) is 1.84. The molecule has 18 heavy (non-hydrogen) atoms. The van der Waals surface area contributed by atoms with E-state index in [1.165, 1.54) is 11.1 Å². The van der Waals surface area contributed by atoms with Crippen molar-refractivity contribution in [2.24, 2.45) is 5.92 Å². The summed E-state index contributed by atoms with van der Waals surface area (Å²) >= 11 is 0. The molecule has 0 bridgehead atoms. The van der Waals surface area contributed by atoms with E-state index in [-0.39, 0.29) is 5.92 Å². The highest BCUT2D eigenvalue weighted by Crippen LogP contribution is 2.28. The van der Waals surface area contributed by atoms with Gasteiger partial charge in [-0.2, -0.15) is 0 Å². The lowest BCUT2D eigenvalue weighted by atomic mass is 10.0. The molecule has 1 heterocycles. The van der Waals surface area contributed by atoms with Crippen LogP contribution in [0.25, 0.3) is 0 Å². The highest BCUT2D eigenvalue weighted by molar-refractivity contribution is 5.81. The van der Waals surface area contributed by atoms with Gasteiger partial charge in [-0.1, -0.05) is 24.3 Å². The lowest BCUT2D eigenvalue weighted by Gasteiger charge is -2.35. The first-order valence-electron chi connectivity index (χ1n) is 6.83. The van der Waals surface area contributed by atoms with Crippen molar-refractivity contribution in [2.45, 2.75) is 25.8 Å². The number of nitrogens with one attached hydrogen (secondary N) is 1. The van der Waals surface area contributed by atoms with E-state index in [1.807, 2.05) is 0 Å². The Bertz CT molecular complexity index is 433. The summed E-state index contributed by atoms with van der Waals surface area (Å²) in [7, 11) is 0. The van der Waals surface area contributed by atoms with Gasteiger partial charge in [0.25, 0.3) is 0 Å². The van der Waals surface area contributed by atoms with E-state index in [9.17, 15) is 4.79 Å². The van der Waals surface area contributed by atoms with Gasteiger partial charge in [0, 0.05) is 31.6 Å². The molecule has 0 spiro atoms. The summed E-state index contributed by atoms with van der Waals surface area (Å²) in [6.45, 7) is 4.83. The van der Waals surface area contributed by atoms with Crippen molar-refractivity contribution in [3.8, 4) is 0 Å². The number of hydrogen-bond acceptors (Lipinski definition) is 2. The van der Waals surface area contributed by atoms with Gasteiger partial charge in [0.1, 0.15) is 0 Å². The molecule has 1 aromatic carbocycles. The van der Waals surface area contributed by atoms with Crippen molar-refractivity contribution in [3.05, 3.63) is 35.4 Å². The van der Waals surface area contributed by atoms with Crippen LogP contribution in [0, 0.1) is 5.92 Å². The molecule has 96 valence electrons. The number of hydrogen-bond donors (Lipinski definition) is 1. The predicted octanol–water partition coefficient (Wildman–Crippen LogP) is 1.22. The largest absolute Gasteiger partial charge is 0.337 e. The van der Waals surface area contributed by atoms with Crippen LogP contribution in [0.5, 0.6) is 0 Å². The van der Waals surface area contributed by atoms with Gasteiger partial charge in [-0.05, 0) is 30.9 Å². The Morgan fingerprint density at radius 2 is 1.94 bits per heavy atom. The van der Waals surface area contributed by atoms with Gasteiger partial charge in [0.2, 0.25) is 5.91 Å². The van der Waals surface area contributed by atoms with Gasteiger partial charge in [-0.3, -0.25) is 4.79 Å². The van der Waals surface area contributed by atoms with E-state index in [2.05, 4.69) is 41.4 Å². The van der Waals surface area contributed by atoms with E-state index in [4.69, 9.17) is 0 Å². The van der Waals surface area contributed by atoms with E-state index in [0.29, 0.717) is 11.9 Å². The van der Waals surface area contributed by atoms with Crippen molar-refractivity contribution in [1.82, 2.24) is 10.2 Å². The van der Waals surface area contributed by atoms with Crippen LogP contribution in [0.15, 0.2) is 24.3 Å². The Kier molecular flexibility index (Phi) is 3.08. The van der Waals surface area contributed by atoms with Crippen LogP contribution in [-0.2, 0) is 17.6 Å². The summed E-state index contributed by atoms with van der Waals surface area (Å²) in [5, 5.41) is 3.33. The molecule has 1 N–H and O–H groups in total. The van der Waals surface area contributed by atoms with E-state index >= 15 is 0 Å². The first kappa shape index (κ1) is 11.7. The molecule has 1 aliphatic heterocycles. The van der Waals surface area contributed by atoms with Crippen molar-refractivity contribution in [3.63, 3.8) is 0 Å². The zero-order valence-electron chi connectivity index (χ0n) is 10.9. The molecule has 3 nitrogen and oxygen atoms in total. The Hall–Kier alpha value is -1.35. The quantitative estimate of drug-likeness (QED) is 0.805. The first-order valence-corrected chi connectivity index (χ1v) is 6.83. The summed E-state index contributed by atoms with van der Waals surface area (Å²) in [6, 6.07) is 8.78. The number of amides is 1. The van der Waals surface area contributed by atoms with Crippen LogP contribution in [0.2, 0.25) is 0 Å². The Morgan fingerprint density at radius 1 is 1.28 bits per heavy atom. The standard InChI is InChI=1S/C15H20N2O/c1-11-10-16-6-7-17(11)15(18)14-8-12-4-2-3-5-13(12)9-14/h2-5,11,14,16H,6-10H2,1H3/t11-/m1/s1. The minimum atomic E-state index is 0.169. The molecule has 0 unspecified atom stereocenters. The Labute approximate surface area is 108 Å². The zero-order valence-corrected chi connectivity index (χ0v) is 10.9. The third kappa shape index (κ3) is 2.03. The number of benzene rings is 1. The van der Waals surface area contributed by atoms with Crippen LogP contribution in [0.1, 0.15) is 18.1 Å². The molecule has 1 aliphatic carbocycles. The van der Waals surface area contributed by atoms with E-state index < -0.39 is 0 Å². The lowest BCUT2D eigenvalue weighted by molar-refractivity contribution is -0.138. The summed E-state index contributed by atoms with van der Waals surface area (Å²) < 4.78 is 0. The normalized spacial score (nSPS) is 24.1. The van der Waals surface area contributed by atoms with Crippen LogP contribution >= 0.6 is 0 Å². The van der Waals surface area contributed by atoms with Gasteiger partial charge in [0.05, 0.1) is 0 Å². The van der Waals surface area contributed by atoms with Gasteiger partial charge < -0.3 is 10.2 Å². The molecular weight excluding hydrogens is 224 g/mol. The van der Waals surface area contributed by atoms with Crippen molar-refractivity contribution in [1.29, 1.82) is 0 Å². The number of rotatable bonds is 1.